The first-order valence-corrected chi connectivity index (χ1v) is 12.9. The average molecular weight is 491 g/mol. The van der Waals surface area contributed by atoms with Gasteiger partial charge in [0.1, 0.15) is 23.8 Å². The number of ketones is 1. The molecule has 2 aliphatic rings. The van der Waals surface area contributed by atoms with Crippen molar-refractivity contribution in [3.8, 4) is 11.5 Å². The van der Waals surface area contributed by atoms with Gasteiger partial charge < -0.3 is 14.7 Å². The summed E-state index contributed by atoms with van der Waals surface area (Å²) in [5, 5.41) is 18.1. The highest BCUT2D eigenvalue weighted by atomic mass is 16.5. The molecule has 1 aromatic heterocycles. The molecule has 190 valence electrons. The smallest absolute Gasteiger partial charge is 0.258 e. The van der Waals surface area contributed by atoms with Crippen LogP contribution in [0.5, 0.6) is 11.5 Å². The Hall–Kier alpha value is -3.39. The van der Waals surface area contributed by atoms with Gasteiger partial charge in [-0.2, -0.15) is 5.10 Å². The van der Waals surface area contributed by atoms with E-state index in [1.807, 2.05) is 32.0 Å². The molecule has 0 bridgehead atoms. The second kappa shape index (κ2) is 10.3. The molecule has 8 heteroatoms. The fraction of sp³-hybridized carbons (Fsp3) is 0.464. The molecular formula is C28H34N4O4. The number of ether oxygens (including phenoxy) is 1. The highest BCUT2D eigenvalue weighted by molar-refractivity contribution is 6.09. The molecule has 36 heavy (non-hydrogen) atoms. The molecule has 0 radical (unpaired) electrons. The molecule has 0 saturated carbocycles. The number of carbonyl (C=O) groups excluding carboxylic acids is 2. The zero-order valence-corrected chi connectivity index (χ0v) is 21.0. The van der Waals surface area contributed by atoms with Crippen LogP contribution in [0, 0.1) is 5.92 Å². The maximum Gasteiger partial charge on any atom is 0.258 e. The van der Waals surface area contributed by atoms with E-state index in [0.29, 0.717) is 42.7 Å². The van der Waals surface area contributed by atoms with Crippen molar-refractivity contribution in [2.24, 2.45) is 5.92 Å². The first-order chi connectivity index (χ1) is 17.4. The predicted octanol–water partition coefficient (Wildman–Crippen LogP) is 4.52. The molecule has 0 atom stereocenters. The second-order valence-corrected chi connectivity index (χ2v) is 10.4. The minimum atomic E-state index is -0.276. The molecule has 1 saturated heterocycles. The van der Waals surface area contributed by atoms with Gasteiger partial charge in [-0.05, 0) is 61.2 Å². The molecule has 2 aromatic carbocycles. The quantitative estimate of drug-likeness (QED) is 0.451. The number of amides is 1. The van der Waals surface area contributed by atoms with Gasteiger partial charge in [-0.1, -0.05) is 26.3 Å². The van der Waals surface area contributed by atoms with Gasteiger partial charge >= 0.3 is 0 Å². The summed E-state index contributed by atoms with van der Waals surface area (Å²) in [7, 11) is 0. The third kappa shape index (κ3) is 5.09. The number of aromatic hydroxyl groups is 1. The summed E-state index contributed by atoms with van der Waals surface area (Å²) in [5.74, 6) is 0.528. The summed E-state index contributed by atoms with van der Waals surface area (Å²) in [4.78, 5) is 30.2. The van der Waals surface area contributed by atoms with Crippen molar-refractivity contribution in [3.05, 3.63) is 52.7 Å². The van der Waals surface area contributed by atoms with Crippen molar-refractivity contribution >= 4 is 22.6 Å². The lowest BCUT2D eigenvalue weighted by molar-refractivity contribution is 0.0748. The first-order valence-electron chi connectivity index (χ1n) is 12.9. The summed E-state index contributed by atoms with van der Waals surface area (Å²) in [6.07, 6.45) is 4.22. The molecule has 2 N–H and O–H groups in total. The molecule has 2 aliphatic heterocycles. The number of aromatic amines is 1. The third-order valence-electron chi connectivity index (χ3n) is 7.08. The van der Waals surface area contributed by atoms with E-state index in [9.17, 15) is 14.7 Å². The van der Waals surface area contributed by atoms with E-state index < -0.39 is 0 Å². The summed E-state index contributed by atoms with van der Waals surface area (Å²) < 4.78 is 6.01. The maximum absolute atomic E-state index is 13.4. The Morgan fingerprint density at radius 1 is 1.08 bits per heavy atom. The number of nitrogens with zero attached hydrogens (tertiary/aromatic N) is 3. The van der Waals surface area contributed by atoms with Crippen LogP contribution < -0.4 is 4.74 Å². The van der Waals surface area contributed by atoms with E-state index in [2.05, 4.69) is 15.1 Å². The molecule has 8 nitrogen and oxygen atoms in total. The van der Waals surface area contributed by atoms with Crippen molar-refractivity contribution in [2.45, 2.75) is 52.6 Å². The number of phenolic OH excluding ortho intramolecular Hbond substituents is 1. The average Bonchev–Trinajstić information content (AvgIpc) is 3.47. The van der Waals surface area contributed by atoms with Crippen LogP contribution in [0.25, 0.3) is 10.9 Å². The Bertz CT molecular complexity index is 1280. The van der Waals surface area contributed by atoms with Crippen molar-refractivity contribution < 1.29 is 19.4 Å². The van der Waals surface area contributed by atoms with Gasteiger partial charge in [-0.15, -0.1) is 0 Å². The van der Waals surface area contributed by atoms with Crippen molar-refractivity contribution in [2.75, 3.05) is 26.2 Å². The normalized spacial score (nSPS) is 16.0. The number of hydrogen-bond donors (Lipinski definition) is 2. The van der Waals surface area contributed by atoms with Crippen LogP contribution in [-0.2, 0) is 13.1 Å². The zero-order valence-electron chi connectivity index (χ0n) is 21.0. The number of nitrogens with one attached hydrogen (secondary N) is 1. The summed E-state index contributed by atoms with van der Waals surface area (Å²) >= 11 is 0. The number of Topliss-reactive ketones (excluding diaryl/α,β-unsaturated/α-hetero) is 1. The van der Waals surface area contributed by atoms with Crippen LogP contribution in [0.4, 0.5) is 0 Å². The molecule has 0 unspecified atom stereocenters. The lowest BCUT2D eigenvalue weighted by Gasteiger charge is -2.26. The molecule has 0 aliphatic carbocycles. The van der Waals surface area contributed by atoms with Gasteiger partial charge in [0, 0.05) is 37.5 Å². The van der Waals surface area contributed by atoms with Crippen molar-refractivity contribution in [3.63, 3.8) is 0 Å². The Morgan fingerprint density at radius 2 is 1.86 bits per heavy atom. The van der Waals surface area contributed by atoms with Gasteiger partial charge in [0.2, 0.25) is 0 Å². The van der Waals surface area contributed by atoms with Crippen molar-refractivity contribution in [1.29, 1.82) is 0 Å². The summed E-state index contributed by atoms with van der Waals surface area (Å²) in [6.45, 7) is 8.74. The largest absolute Gasteiger partial charge is 0.507 e. The van der Waals surface area contributed by atoms with Crippen LogP contribution in [-0.4, -0.2) is 63.0 Å². The highest BCUT2D eigenvalue weighted by Gasteiger charge is 2.28. The number of benzene rings is 2. The minimum absolute atomic E-state index is 0.0817. The SMILES string of the molecule is CC(C)CC(=O)c1n[nH]c2cc(O)c(C(=O)N3Cc4ccc(OCCN5CCCCC5)cc4C3)cc12. The highest BCUT2D eigenvalue weighted by Crippen LogP contribution is 2.32. The number of likely N-dealkylation sites (tertiary alicyclic amines) is 1. The fourth-order valence-corrected chi connectivity index (χ4v) is 5.15. The van der Waals surface area contributed by atoms with Crippen LogP contribution >= 0.6 is 0 Å². The summed E-state index contributed by atoms with van der Waals surface area (Å²) in [5.41, 5.74) is 3.14. The number of rotatable bonds is 8. The lowest BCUT2D eigenvalue weighted by atomic mass is 10.0. The number of H-pyrrole nitrogens is 1. The van der Waals surface area contributed by atoms with Crippen LogP contribution in [0.2, 0.25) is 0 Å². The van der Waals surface area contributed by atoms with Crippen LogP contribution in [0.15, 0.2) is 30.3 Å². The Kier molecular flexibility index (Phi) is 6.96. The van der Waals surface area contributed by atoms with Crippen LogP contribution in [0.1, 0.15) is 71.5 Å². The molecule has 5 rings (SSSR count). The van der Waals surface area contributed by atoms with Crippen LogP contribution in [0.3, 0.4) is 0 Å². The van der Waals surface area contributed by atoms with Gasteiger partial charge in [0.25, 0.3) is 5.91 Å². The third-order valence-corrected chi connectivity index (χ3v) is 7.08. The number of carbonyl (C=O) groups is 2. The number of piperidine rings is 1. The number of aromatic nitrogens is 2. The lowest BCUT2D eigenvalue weighted by Crippen LogP contribution is -2.33. The predicted molar refractivity (Wildman–Crippen MR) is 137 cm³/mol. The minimum Gasteiger partial charge on any atom is -0.507 e. The summed E-state index contributed by atoms with van der Waals surface area (Å²) in [6, 6.07) is 9.05. The molecule has 1 fully saturated rings. The van der Waals surface area contributed by atoms with E-state index in [0.717, 1.165) is 36.5 Å². The molecular weight excluding hydrogens is 456 g/mol. The molecule has 3 aromatic rings. The molecule has 1 amide bonds. The topological polar surface area (TPSA) is 98.8 Å². The Labute approximate surface area is 211 Å². The van der Waals surface area contributed by atoms with E-state index in [4.69, 9.17) is 4.74 Å². The van der Waals surface area contributed by atoms with Crippen molar-refractivity contribution in [1.82, 2.24) is 20.0 Å². The molecule has 3 heterocycles. The van der Waals surface area contributed by atoms with E-state index in [1.54, 1.807) is 11.0 Å². The second-order valence-electron chi connectivity index (χ2n) is 10.4. The van der Waals surface area contributed by atoms with Gasteiger partial charge in [-0.25, -0.2) is 0 Å². The van der Waals surface area contributed by atoms with Gasteiger partial charge in [-0.3, -0.25) is 19.6 Å². The number of fused-ring (bicyclic) bond motifs is 2. The fourth-order valence-electron chi connectivity index (χ4n) is 5.15. The van der Waals surface area contributed by atoms with E-state index in [-0.39, 0.29) is 28.9 Å². The number of phenols is 1. The Balaban J connectivity index is 1.27. The van der Waals surface area contributed by atoms with E-state index in [1.165, 1.54) is 25.3 Å². The standard InChI is InChI=1S/C28H34N4O4/c1-18(2)12-26(34)27-22-14-23(25(33)15-24(22)29-30-27)28(35)32-16-19-6-7-21(13-20(19)17-32)36-11-10-31-8-4-3-5-9-31/h6-7,13-15,18,33H,3-5,8-12,16-17H2,1-2H3,(H,29,30). The van der Waals surface area contributed by atoms with Gasteiger partial charge in [0.05, 0.1) is 11.1 Å². The Morgan fingerprint density at radius 3 is 2.64 bits per heavy atom. The maximum atomic E-state index is 13.4. The van der Waals surface area contributed by atoms with Gasteiger partial charge in [0.15, 0.2) is 5.78 Å². The molecule has 0 spiro atoms. The zero-order chi connectivity index (χ0) is 25.2. The first kappa shape index (κ1) is 24.3. The number of hydrogen-bond acceptors (Lipinski definition) is 6. The monoisotopic (exact) mass is 490 g/mol. The van der Waals surface area contributed by atoms with E-state index >= 15 is 0 Å².